The van der Waals surface area contributed by atoms with Gasteiger partial charge < -0.3 is 34.0 Å². The van der Waals surface area contributed by atoms with Gasteiger partial charge in [-0.05, 0) is 87.9 Å². The van der Waals surface area contributed by atoms with Crippen LogP contribution in [0.2, 0.25) is 0 Å². The van der Waals surface area contributed by atoms with Crippen molar-refractivity contribution >= 4 is 44.2 Å². The number of hydrogen-bond donors (Lipinski definition) is 2. The van der Waals surface area contributed by atoms with Gasteiger partial charge in [0.15, 0.2) is 5.79 Å². The lowest BCUT2D eigenvalue weighted by atomic mass is 9.87. The van der Waals surface area contributed by atoms with Crippen LogP contribution >= 0.6 is 10.5 Å². The van der Waals surface area contributed by atoms with Gasteiger partial charge in [0, 0.05) is 36.9 Å². The van der Waals surface area contributed by atoms with Gasteiger partial charge in [-0.1, -0.05) is 32.7 Å². The van der Waals surface area contributed by atoms with Crippen molar-refractivity contribution in [1.29, 1.82) is 0 Å². The summed E-state index contributed by atoms with van der Waals surface area (Å²) in [6.45, 7) is 13.9. The number of nitrogens with one attached hydrogen (secondary N) is 2. The summed E-state index contributed by atoms with van der Waals surface area (Å²) in [6.07, 6.45) is 12.5. The van der Waals surface area contributed by atoms with Crippen molar-refractivity contribution in [3.05, 3.63) is 48.2 Å². The molecule has 3 aliphatic rings. The minimum absolute atomic E-state index is 0.0153. The molecule has 2 saturated carbocycles. The van der Waals surface area contributed by atoms with Crippen molar-refractivity contribution in [2.24, 2.45) is 5.92 Å². The predicted molar refractivity (Wildman–Crippen MR) is 201 cm³/mol. The van der Waals surface area contributed by atoms with Gasteiger partial charge in [0.25, 0.3) is 0 Å². The molecule has 2 N–H and O–H groups in total. The Labute approximate surface area is 293 Å². The number of hydrogen-bond acceptors (Lipinski definition) is 8. The molecule has 11 heteroatoms. The Morgan fingerprint density at radius 2 is 1.92 bits per heavy atom. The summed E-state index contributed by atoms with van der Waals surface area (Å²) in [6, 6.07) is 9.55. The van der Waals surface area contributed by atoms with Crippen molar-refractivity contribution in [3.8, 4) is 0 Å². The third-order valence-corrected chi connectivity index (χ3v) is 11.1. The maximum absolute atomic E-state index is 6.54. The monoisotopic (exact) mass is 689 g/mol. The lowest BCUT2D eigenvalue weighted by Crippen LogP contribution is -2.33. The molecule has 4 aromatic rings. The third kappa shape index (κ3) is 7.76. The molecule has 10 nitrogen and oxygen atoms in total. The molecule has 0 radical (unpaired) electrons. The van der Waals surface area contributed by atoms with Crippen LogP contribution < -0.4 is 10.6 Å². The van der Waals surface area contributed by atoms with Crippen LogP contribution in [0.5, 0.6) is 0 Å². The van der Waals surface area contributed by atoms with E-state index in [4.69, 9.17) is 24.2 Å². The summed E-state index contributed by atoms with van der Waals surface area (Å²) < 4.78 is 23.8. The van der Waals surface area contributed by atoms with Crippen LogP contribution in [0.15, 0.2) is 36.8 Å². The van der Waals surface area contributed by atoms with E-state index in [0.29, 0.717) is 18.7 Å². The van der Waals surface area contributed by atoms with E-state index in [0.717, 1.165) is 84.8 Å². The van der Waals surface area contributed by atoms with Gasteiger partial charge in [-0.2, -0.15) is 10.5 Å². The van der Waals surface area contributed by atoms with Gasteiger partial charge >= 0.3 is 0 Å². The molecular formula is C38H55N7O3S. The van der Waals surface area contributed by atoms with Gasteiger partial charge in [0.2, 0.25) is 0 Å². The molecule has 1 saturated heterocycles. The van der Waals surface area contributed by atoms with E-state index in [1.807, 2.05) is 13.8 Å². The molecule has 2 aliphatic carbocycles. The molecule has 266 valence electrons. The van der Waals surface area contributed by atoms with Crippen LogP contribution in [-0.4, -0.2) is 85.7 Å². The summed E-state index contributed by atoms with van der Waals surface area (Å²) in [5.74, 6) is 6.89. The normalized spacial score (nSPS) is 24.2. The number of fused-ring (bicyclic) bond motifs is 3. The zero-order valence-corrected chi connectivity index (χ0v) is 31.0. The first-order valence-corrected chi connectivity index (χ1v) is 20.1. The van der Waals surface area contributed by atoms with E-state index in [9.17, 15) is 0 Å². The smallest absolute Gasteiger partial charge is 0.163 e. The predicted octanol–water partition coefficient (Wildman–Crippen LogP) is 6.65. The van der Waals surface area contributed by atoms with E-state index in [1.165, 1.54) is 18.4 Å². The molecule has 49 heavy (non-hydrogen) atoms. The highest BCUT2D eigenvalue weighted by atomic mass is 32.2. The maximum atomic E-state index is 6.54. The number of unbranched alkanes of at least 4 members (excludes halogenated alkanes) is 1. The maximum Gasteiger partial charge on any atom is 0.163 e. The first-order chi connectivity index (χ1) is 23.5. The molecule has 4 heterocycles. The summed E-state index contributed by atoms with van der Waals surface area (Å²) in [5, 5.41) is 8.43. The van der Waals surface area contributed by atoms with E-state index in [2.05, 4.69) is 88.1 Å². The molecule has 7 rings (SSSR count). The van der Waals surface area contributed by atoms with Gasteiger partial charge in [0.05, 0.1) is 35.2 Å². The van der Waals surface area contributed by atoms with Crippen LogP contribution in [0, 0.1) is 5.92 Å². The number of ether oxygens (including phenoxy) is 3. The average Bonchev–Trinajstić information content (AvgIpc) is 3.35. The molecule has 0 bridgehead atoms. The Balaban J connectivity index is 0.967. The van der Waals surface area contributed by atoms with E-state index >= 15 is 0 Å². The number of nitrogens with zero attached hydrogens (tertiary/aromatic N) is 5. The van der Waals surface area contributed by atoms with E-state index in [1.54, 1.807) is 6.33 Å². The van der Waals surface area contributed by atoms with Gasteiger partial charge in [-0.3, -0.25) is 0 Å². The molecule has 3 aromatic heterocycles. The van der Waals surface area contributed by atoms with E-state index < -0.39 is 5.79 Å². The second kappa shape index (κ2) is 14.1. The number of aromatic nitrogens is 5. The number of imidazole rings is 1. The Kier molecular flexibility index (Phi) is 9.93. The van der Waals surface area contributed by atoms with Gasteiger partial charge in [0.1, 0.15) is 36.5 Å². The Bertz CT molecular complexity index is 1790. The number of anilines is 1. The molecule has 5 atom stereocenters. The second-order valence-corrected chi connectivity index (χ2v) is 17.8. The molecule has 3 fully saturated rings. The fraction of sp³-hybridized carbons (Fsp3) is 0.632. The molecular weight excluding hydrogens is 635 g/mol. The zero-order chi connectivity index (χ0) is 34.3. The summed E-state index contributed by atoms with van der Waals surface area (Å²) >= 11 is 0. The largest absolute Gasteiger partial charge is 0.367 e. The first-order valence-electron chi connectivity index (χ1n) is 18.1. The second-order valence-electron chi connectivity index (χ2n) is 15.8. The number of aryl methyl sites for hydroxylation is 1. The van der Waals surface area contributed by atoms with Crippen molar-refractivity contribution < 1.29 is 14.2 Å². The van der Waals surface area contributed by atoms with E-state index in [-0.39, 0.29) is 34.1 Å². The van der Waals surface area contributed by atoms with Crippen LogP contribution in [0.25, 0.3) is 22.1 Å². The molecule has 0 amide bonds. The lowest BCUT2D eigenvalue weighted by Gasteiger charge is -2.24. The summed E-state index contributed by atoms with van der Waals surface area (Å²) in [5.41, 5.74) is 4.55. The van der Waals surface area contributed by atoms with Crippen molar-refractivity contribution in [3.63, 3.8) is 0 Å². The van der Waals surface area contributed by atoms with Gasteiger partial charge in [-0.25, -0.2) is 15.0 Å². The lowest BCUT2D eigenvalue weighted by molar-refractivity contribution is -0.160. The minimum atomic E-state index is -0.599. The fourth-order valence-corrected chi connectivity index (χ4v) is 7.86. The van der Waals surface area contributed by atoms with Gasteiger partial charge in [-0.15, -0.1) is 0 Å². The third-order valence-electron chi connectivity index (χ3n) is 10.2. The molecule has 1 unspecified atom stereocenters. The Hall–Kier alpha value is -2.83. The highest BCUT2D eigenvalue weighted by Crippen LogP contribution is 2.47. The SMILES string of the molecule is C=S(C)CCOCn1c(CCCCNC[C@H]2C[C@@H](n3ccc4c(NC5CC5)ncnc43)[C@@H]3OC(C)(C)O[C@H]23)nc2cc(C(C)(C)C)ccc21. The first kappa shape index (κ1) is 34.6. The highest BCUT2D eigenvalue weighted by Gasteiger charge is 2.54. The van der Waals surface area contributed by atoms with Crippen LogP contribution in [0.3, 0.4) is 0 Å². The molecule has 1 aliphatic heterocycles. The zero-order valence-electron chi connectivity index (χ0n) is 30.2. The van der Waals surface area contributed by atoms with Crippen molar-refractivity contribution in [1.82, 2.24) is 29.4 Å². The fourth-order valence-electron chi connectivity index (χ4n) is 7.46. The van der Waals surface area contributed by atoms with Crippen LogP contribution in [0.1, 0.15) is 84.2 Å². The summed E-state index contributed by atoms with van der Waals surface area (Å²) in [4.78, 5) is 14.4. The highest BCUT2D eigenvalue weighted by molar-refractivity contribution is 8.13. The van der Waals surface area contributed by atoms with Crippen molar-refractivity contribution in [2.75, 3.05) is 37.0 Å². The topological polar surface area (TPSA) is 100 Å². The average molecular weight is 690 g/mol. The minimum Gasteiger partial charge on any atom is -0.367 e. The molecule has 0 spiro atoms. The van der Waals surface area contributed by atoms with Crippen LogP contribution in [0.4, 0.5) is 5.82 Å². The molecule has 1 aromatic carbocycles. The number of benzene rings is 1. The number of rotatable bonds is 15. The standard InChI is InChI=1S/C38H55N7O3S/c1-37(2,3)26-11-14-30-29(21-26)43-32(45(30)24-46-18-19-49(6)7)10-8-9-16-39-22-25-20-31(34-33(25)47-38(4,5)48-34)44-17-15-28-35(42-27-12-13-27)40-23-41-36(28)44/h11,14-15,17,21,23,25,27,31,33-34,39H,6,8-10,12-13,16,18-20,22,24H2,1-5,7H3,(H,40,41,42)/t25-,31-,33-,34+,49?/m1/s1. The Morgan fingerprint density at radius 3 is 2.69 bits per heavy atom. The Morgan fingerprint density at radius 1 is 1.10 bits per heavy atom. The summed E-state index contributed by atoms with van der Waals surface area (Å²) in [7, 11) is 0.129. The van der Waals surface area contributed by atoms with Crippen molar-refractivity contribution in [2.45, 2.75) is 115 Å². The quantitative estimate of drug-likeness (QED) is 0.106. The van der Waals surface area contributed by atoms with Crippen LogP contribution in [-0.2, 0) is 32.8 Å².